The fraction of sp³-hybridized carbons (Fsp3) is 0.800. The molecule has 3 saturated carbocycles. The molecule has 0 saturated heterocycles. The van der Waals surface area contributed by atoms with Crippen molar-refractivity contribution in [1.82, 2.24) is 0 Å². The second-order valence-electron chi connectivity index (χ2n) is 12.5. The van der Waals surface area contributed by atoms with Gasteiger partial charge in [0.25, 0.3) is 0 Å². The zero-order chi connectivity index (χ0) is 25.1. The van der Waals surface area contributed by atoms with Crippen LogP contribution in [0.1, 0.15) is 98.3 Å². The summed E-state index contributed by atoms with van der Waals surface area (Å²) in [7, 11) is 0. The normalized spacial score (nSPS) is 37.9. The van der Waals surface area contributed by atoms with Crippen molar-refractivity contribution in [1.29, 1.82) is 0 Å². The van der Waals surface area contributed by atoms with Gasteiger partial charge in [-0.25, -0.2) is 0 Å². The first kappa shape index (κ1) is 27.6. The lowest BCUT2D eigenvalue weighted by molar-refractivity contribution is 0.0112. The Hall–Kier alpha value is -0.940. The van der Waals surface area contributed by atoms with Gasteiger partial charge in [-0.05, 0) is 106 Å². The average Bonchev–Trinajstić information content (AvgIpc) is 3.12. The molecule has 0 aromatic carbocycles. The third kappa shape index (κ3) is 6.24. The molecule has 4 N–H and O–H groups in total. The van der Waals surface area contributed by atoms with E-state index in [1.165, 1.54) is 37.7 Å². The molecule has 3 rings (SSSR count). The molecule has 3 aliphatic rings. The number of fused-ring (bicyclic) bond motifs is 1. The van der Waals surface area contributed by atoms with Crippen molar-refractivity contribution in [3.05, 3.63) is 35.5 Å². The van der Waals surface area contributed by atoms with Crippen LogP contribution < -0.4 is 0 Å². The molecule has 4 nitrogen and oxygen atoms in total. The monoisotopic (exact) mass is 474 g/mol. The Morgan fingerprint density at radius 1 is 1.18 bits per heavy atom. The van der Waals surface area contributed by atoms with Crippen LogP contribution in [0.5, 0.6) is 0 Å². The molecule has 0 bridgehead atoms. The molecule has 0 aliphatic heterocycles. The molecule has 194 valence electrons. The van der Waals surface area contributed by atoms with Crippen LogP contribution in [0.15, 0.2) is 35.5 Å². The minimum absolute atomic E-state index is 0.0798. The zero-order valence-electron chi connectivity index (χ0n) is 22.1. The molecule has 3 aliphatic carbocycles. The lowest BCUT2D eigenvalue weighted by atomic mass is 9.60. The standard InChI is InChI=1S/C30H50O4/c1-20(9-6-16-29(3,4)34)25-14-15-26-22(10-7-17-30(25,26)5)12-13-23-19-27(32)24(11-8-18-31)28(33)21(23)2/h12-13,20,24-28,31-34H,2,6-11,14-19H2,1,3-5H3/b22-12+,23-13-. The molecule has 7 unspecified atom stereocenters. The average molecular weight is 475 g/mol. The van der Waals surface area contributed by atoms with Gasteiger partial charge in [0.1, 0.15) is 0 Å². The van der Waals surface area contributed by atoms with Gasteiger partial charge in [0.2, 0.25) is 0 Å². The molecule has 0 spiro atoms. The zero-order valence-corrected chi connectivity index (χ0v) is 22.1. The summed E-state index contributed by atoms with van der Waals surface area (Å²) < 4.78 is 0. The van der Waals surface area contributed by atoms with E-state index >= 15 is 0 Å². The maximum atomic E-state index is 10.7. The maximum Gasteiger partial charge on any atom is 0.0839 e. The van der Waals surface area contributed by atoms with E-state index in [-0.39, 0.29) is 12.5 Å². The van der Waals surface area contributed by atoms with Crippen molar-refractivity contribution in [2.24, 2.45) is 29.1 Å². The van der Waals surface area contributed by atoms with Gasteiger partial charge in [-0.3, -0.25) is 0 Å². The third-order valence-electron chi connectivity index (χ3n) is 9.47. The first-order valence-corrected chi connectivity index (χ1v) is 13.8. The quantitative estimate of drug-likeness (QED) is 0.345. The van der Waals surface area contributed by atoms with E-state index in [1.54, 1.807) is 0 Å². The van der Waals surface area contributed by atoms with Gasteiger partial charge >= 0.3 is 0 Å². The second kappa shape index (κ2) is 11.4. The predicted molar refractivity (Wildman–Crippen MR) is 139 cm³/mol. The topological polar surface area (TPSA) is 80.9 Å². The highest BCUT2D eigenvalue weighted by Gasteiger charge is 2.50. The first-order chi connectivity index (χ1) is 16.0. The van der Waals surface area contributed by atoms with Crippen LogP contribution >= 0.6 is 0 Å². The van der Waals surface area contributed by atoms with Gasteiger partial charge in [0.15, 0.2) is 0 Å². The van der Waals surface area contributed by atoms with Gasteiger partial charge in [-0.15, -0.1) is 0 Å². The van der Waals surface area contributed by atoms with Crippen LogP contribution in [-0.2, 0) is 0 Å². The van der Waals surface area contributed by atoms with E-state index in [0.717, 1.165) is 36.3 Å². The molecule has 0 amide bonds. The molecule has 0 aromatic heterocycles. The fourth-order valence-corrected chi connectivity index (χ4v) is 7.50. The molecule has 34 heavy (non-hydrogen) atoms. The lowest BCUT2D eigenvalue weighted by Crippen LogP contribution is -2.38. The van der Waals surface area contributed by atoms with Crippen LogP contribution in [0.3, 0.4) is 0 Å². The Bertz CT molecular complexity index is 760. The molecular weight excluding hydrogens is 424 g/mol. The fourth-order valence-electron chi connectivity index (χ4n) is 7.50. The lowest BCUT2D eigenvalue weighted by Gasteiger charge is -2.44. The molecule has 0 radical (unpaired) electrons. The Balaban J connectivity index is 1.69. The number of aliphatic hydroxyl groups is 4. The van der Waals surface area contributed by atoms with Crippen molar-refractivity contribution in [2.75, 3.05) is 6.61 Å². The van der Waals surface area contributed by atoms with Crippen molar-refractivity contribution in [2.45, 2.75) is 116 Å². The largest absolute Gasteiger partial charge is 0.396 e. The summed E-state index contributed by atoms with van der Waals surface area (Å²) in [6.45, 7) is 13.0. The SMILES string of the molecule is C=C1/C(=C\C=C2/CCCC3(C)C2CCC3C(C)CCCC(C)(C)O)CC(O)C(CCCO)C1O. The second-order valence-corrected chi connectivity index (χ2v) is 12.5. The molecule has 3 fully saturated rings. The summed E-state index contributed by atoms with van der Waals surface area (Å²) in [5.41, 5.74) is 3.00. The summed E-state index contributed by atoms with van der Waals surface area (Å²) in [4.78, 5) is 0. The number of aliphatic hydroxyl groups excluding tert-OH is 3. The van der Waals surface area contributed by atoms with Gasteiger partial charge in [-0.2, -0.15) is 0 Å². The summed E-state index contributed by atoms with van der Waals surface area (Å²) in [6, 6.07) is 0. The summed E-state index contributed by atoms with van der Waals surface area (Å²) in [5, 5.41) is 40.6. The van der Waals surface area contributed by atoms with Crippen molar-refractivity contribution >= 4 is 0 Å². The van der Waals surface area contributed by atoms with E-state index in [9.17, 15) is 15.3 Å². The third-order valence-corrected chi connectivity index (χ3v) is 9.47. The summed E-state index contributed by atoms with van der Waals surface area (Å²) in [6.07, 6.45) is 14.2. The Morgan fingerprint density at radius 3 is 2.59 bits per heavy atom. The minimum atomic E-state index is -0.739. The van der Waals surface area contributed by atoms with E-state index in [1.807, 2.05) is 13.8 Å². The van der Waals surface area contributed by atoms with E-state index in [0.29, 0.717) is 36.5 Å². The van der Waals surface area contributed by atoms with Gasteiger partial charge in [0, 0.05) is 12.5 Å². The number of allylic oxidation sites excluding steroid dienone is 3. The Kier molecular flexibility index (Phi) is 9.28. The maximum absolute atomic E-state index is 10.7. The van der Waals surface area contributed by atoms with Crippen LogP contribution in [0.4, 0.5) is 0 Å². The van der Waals surface area contributed by atoms with Gasteiger partial charge in [0.05, 0.1) is 17.8 Å². The van der Waals surface area contributed by atoms with E-state index in [2.05, 4.69) is 32.6 Å². The number of rotatable bonds is 9. The minimum Gasteiger partial charge on any atom is -0.396 e. The summed E-state index contributed by atoms with van der Waals surface area (Å²) in [5.74, 6) is 1.78. The molecule has 0 aromatic rings. The van der Waals surface area contributed by atoms with Crippen molar-refractivity contribution in [3.8, 4) is 0 Å². The molecule has 0 heterocycles. The summed E-state index contributed by atoms with van der Waals surface area (Å²) >= 11 is 0. The first-order valence-electron chi connectivity index (χ1n) is 13.8. The van der Waals surface area contributed by atoms with E-state index < -0.39 is 17.8 Å². The molecular formula is C30H50O4. The van der Waals surface area contributed by atoms with Gasteiger partial charge < -0.3 is 20.4 Å². The van der Waals surface area contributed by atoms with Crippen LogP contribution in [-0.4, -0.2) is 44.8 Å². The highest BCUT2D eigenvalue weighted by molar-refractivity contribution is 5.39. The van der Waals surface area contributed by atoms with Crippen LogP contribution in [0, 0.1) is 29.1 Å². The molecule has 7 atom stereocenters. The Morgan fingerprint density at radius 2 is 1.91 bits per heavy atom. The Labute approximate surface area is 207 Å². The molecule has 4 heteroatoms. The van der Waals surface area contributed by atoms with Crippen molar-refractivity contribution < 1.29 is 20.4 Å². The van der Waals surface area contributed by atoms with Crippen LogP contribution in [0.25, 0.3) is 0 Å². The smallest absolute Gasteiger partial charge is 0.0839 e. The number of hydrogen-bond acceptors (Lipinski definition) is 4. The van der Waals surface area contributed by atoms with E-state index in [4.69, 9.17) is 5.11 Å². The van der Waals surface area contributed by atoms with Crippen LogP contribution in [0.2, 0.25) is 0 Å². The number of hydrogen-bond donors (Lipinski definition) is 4. The predicted octanol–water partition coefficient (Wildman–Crippen LogP) is 5.70. The van der Waals surface area contributed by atoms with Gasteiger partial charge in [-0.1, -0.05) is 51.0 Å². The highest BCUT2D eigenvalue weighted by Crippen LogP contribution is 2.60. The highest BCUT2D eigenvalue weighted by atomic mass is 16.3. The van der Waals surface area contributed by atoms with Crippen molar-refractivity contribution in [3.63, 3.8) is 0 Å².